The Morgan fingerprint density at radius 2 is 2.06 bits per heavy atom. The number of hydrogen-bond acceptors (Lipinski definition) is 8. The summed E-state index contributed by atoms with van der Waals surface area (Å²) in [6.07, 6.45) is 3.14. The first-order valence-corrected chi connectivity index (χ1v) is 11.3. The standard InChI is InChI=1S/C24H23N7O4/c1-14-5-6-31-19(11-25-20(31)9-14)22(32)26-18-10-16(4-3-15(18)2)21-27-23(35-28-21)29-7-8-30-17(12-29)13-34-24(30)33/h3-6,9-11,17H,7-8,12-13H2,1-2H3,(H,26,32). The normalized spacial score (nSPS) is 17.5. The lowest BCUT2D eigenvalue weighted by Gasteiger charge is -2.33. The number of carbonyl (C=O) groups is 2. The van der Waals surface area contributed by atoms with E-state index in [1.54, 1.807) is 15.5 Å². The molecule has 11 nitrogen and oxygen atoms in total. The van der Waals surface area contributed by atoms with E-state index >= 15 is 0 Å². The number of carbonyl (C=O) groups excluding carboxylic acids is 2. The number of anilines is 2. The fraction of sp³-hybridized carbons (Fsp3) is 0.292. The van der Waals surface area contributed by atoms with Gasteiger partial charge in [0.05, 0.1) is 12.2 Å². The van der Waals surface area contributed by atoms with Gasteiger partial charge in [-0.25, -0.2) is 9.78 Å². The van der Waals surface area contributed by atoms with Crippen molar-refractivity contribution in [1.82, 2.24) is 24.4 Å². The van der Waals surface area contributed by atoms with Crippen LogP contribution in [-0.2, 0) is 4.74 Å². The SMILES string of the molecule is Cc1ccn2c(C(=O)Nc3cc(-c4noc(N5CCN6C(=O)OCC6C5)n4)ccc3C)cnc2c1. The molecule has 0 spiro atoms. The van der Waals surface area contributed by atoms with E-state index < -0.39 is 0 Å². The third-order valence-electron chi connectivity index (χ3n) is 6.45. The third-order valence-corrected chi connectivity index (χ3v) is 6.45. The minimum atomic E-state index is -0.269. The van der Waals surface area contributed by atoms with Gasteiger partial charge in [0.25, 0.3) is 5.91 Å². The van der Waals surface area contributed by atoms with Crippen LogP contribution >= 0.6 is 0 Å². The van der Waals surface area contributed by atoms with Gasteiger partial charge in [0.2, 0.25) is 5.82 Å². The maximum atomic E-state index is 13.0. The van der Waals surface area contributed by atoms with Crippen molar-refractivity contribution in [2.75, 3.05) is 36.5 Å². The lowest BCUT2D eigenvalue weighted by molar-refractivity contribution is 0.102. The predicted molar refractivity (Wildman–Crippen MR) is 126 cm³/mol. The van der Waals surface area contributed by atoms with Gasteiger partial charge in [0, 0.05) is 37.1 Å². The van der Waals surface area contributed by atoms with E-state index in [1.165, 1.54) is 0 Å². The van der Waals surface area contributed by atoms with Gasteiger partial charge in [-0.1, -0.05) is 17.3 Å². The first-order chi connectivity index (χ1) is 17.0. The van der Waals surface area contributed by atoms with Crippen molar-refractivity contribution in [2.45, 2.75) is 19.9 Å². The fourth-order valence-electron chi connectivity index (χ4n) is 4.46. The molecular formula is C24H23N7O4. The Balaban J connectivity index is 1.21. The molecule has 0 bridgehead atoms. The van der Waals surface area contributed by atoms with E-state index in [2.05, 4.69) is 20.4 Å². The number of pyridine rings is 1. The maximum absolute atomic E-state index is 13.0. The maximum Gasteiger partial charge on any atom is 0.410 e. The monoisotopic (exact) mass is 473 g/mol. The van der Waals surface area contributed by atoms with Crippen molar-refractivity contribution < 1.29 is 18.8 Å². The number of fused-ring (bicyclic) bond motifs is 2. The third kappa shape index (κ3) is 3.74. The fourth-order valence-corrected chi connectivity index (χ4v) is 4.46. The molecule has 0 saturated carbocycles. The minimum Gasteiger partial charge on any atom is -0.447 e. The zero-order chi connectivity index (χ0) is 24.1. The van der Waals surface area contributed by atoms with E-state index in [0.717, 1.165) is 11.1 Å². The summed E-state index contributed by atoms with van der Waals surface area (Å²) in [7, 11) is 0. The molecule has 2 amide bonds. The van der Waals surface area contributed by atoms with Crippen LogP contribution in [0.4, 0.5) is 16.5 Å². The second-order valence-corrected chi connectivity index (χ2v) is 8.83. The van der Waals surface area contributed by atoms with Crippen molar-refractivity contribution >= 4 is 29.3 Å². The zero-order valence-electron chi connectivity index (χ0n) is 19.3. The van der Waals surface area contributed by atoms with Gasteiger partial charge in [-0.3, -0.25) is 14.1 Å². The summed E-state index contributed by atoms with van der Waals surface area (Å²) in [5, 5.41) is 7.13. The minimum absolute atomic E-state index is 0.0173. The summed E-state index contributed by atoms with van der Waals surface area (Å²) in [5.41, 5.74) is 4.50. The van der Waals surface area contributed by atoms with E-state index in [4.69, 9.17) is 9.26 Å². The number of amides is 2. The molecule has 6 rings (SSSR count). The highest BCUT2D eigenvalue weighted by Gasteiger charge is 2.38. The number of aromatic nitrogens is 4. The summed E-state index contributed by atoms with van der Waals surface area (Å²) in [4.78, 5) is 37.4. The number of cyclic esters (lactones) is 1. The van der Waals surface area contributed by atoms with Crippen LogP contribution in [0.15, 0.2) is 47.2 Å². The van der Waals surface area contributed by atoms with Crippen LogP contribution in [0.2, 0.25) is 0 Å². The molecule has 3 aromatic heterocycles. The Hall–Kier alpha value is -4.41. The van der Waals surface area contributed by atoms with E-state index in [9.17, 15) is 9.59 Å². The molecular weight excluding hydrogens is 450 g/mol. The van der Waals surface area contributed by atoms with Crippen molar-refractivity contribution in [3.05, 3.63) is 59.5 Å². The number of aryl methyl sites for hydroxylation is 2. The van der Waals surface area contributed by atoms with Crippen LogP contribution in [0.3, 0.4) is 0 Å². The number of imidazole rings is 1. The van der Waals surface area contributed by atoms with Crippen LogP contribution in [-0.4, -0.2) is 68.7 Å². The van der Waals surface area contributed by atoms with Gasteiger partial charge < -0.3 is 19.5 Å². The number of rotatable bonds is 4. The number of nitrogens with zero attached hydrogens (tertiary/aromatic N) is 6. The van der Waals surface area contributed by atoms with Crippen molar-refractivity contribution in [3.63, 3.8) is 0 Å². The number of hydrogen-bond donors (Lipinski definition) is 1. The Labute approximate surface area is 200 Å². The lowest BCUT2D eigenvalue weighted by atomic mass is 10.1. The summed E-state index contributed by atoms with van der Waals surface area (Å²) in [5.74, 6) is 0.156. The van der Waals surface area contributed by atoms with Gasteiger partial charge in [0.1, 0.15) is 17.9 Å². The van der Waals surface area contributed by atoms with E-state index in [-0.39, 0.29) is 18.0 Å². The molecule has 4 aromatic rings. The molecule has 11 heteroatoms. The highest BCUT2D eigenvalue weighted by atomic mass is 16.6. The highest BCUT2D eigenvalue weighted by Crippen LogP contribution is 2.27. The van der Waals surface area contributed by atoms with Crippen LogP contribution in [0.5, 0.6) is 0 Å². The van der Waals surface area contributed by atoms with Crippen LogP contribution < -0.4 is 10.2 Å². The molecule has 2 saturated heterocycles. The lowest BCUT2D eigenvalue weighted by Crippen LogP contribution is -2.52. The zero-order valence-corrected chi connectivity index (χ0v) is 19.3. The van der Waals surface area contributed by atoms with Gasteiger partial charge in [-0.05, 0) is 43.2 Å². The molecule has 2 fully saturated rings. The predicted octanol–water partition coefficient (Wildman–Crippen LogP) is 2.89. The van der Waals surface area contributed by atoms with Crippen molar-refractivity contribution in [2.24, 2.45) is 0 Å². The van der Waals surface area contributed by atoms with Crippen LogP contribution in [0.1, 0.15) is 21.6 Å². The molecule has 2 aliphatic heterocycles. The average molecular weight is 473 g/mol. The second-order valence-electron chi connectivity index (χ2n) is 8.83. The Morgan fingerprint density at radius 1 is 1.17 bits per heavy atom. The first kappa shape index (κ1) is 21.1. The Morgan fingerprint density at radius 3 is 2.94 bits per heavy atom. The molecule has 0 radical (unpaired) electrons. The molecule has 1 N–H and O–H groups in total. The molecule has 35 heavy (non-hydrogen) atoms. The van der Waals surface area contributed by atoms with E-state index in [0.29, 0.717) is 60.7 Å². The molecule has 2 aliphatic rings. The number of benzene rings is 1. The first-order valence-electron chi connectivity index (χ1n) is 11.3. The molecule has 0 aliphatic carbocycles. The van der Waals surface area contributed by atoms with Crippen LogP contribution in [0.25, 0.3) is 17.0 Å². The topological polar surface area (TPSA) is 118 Å². The van der Waals surface area contributed by atoms with Crippen molar-refractivity contribution in [3.8, 4) is 11.4 Å². The number of ether oxygens (including phenoxy) is 1. The van der Waals surface area contributed by atoms with Gasteiger partial charge >= 0.3 is 12.1 Å². The summed E-state index contributed by atoms with van der Waals surface area (Å²) in [6, 6.07) is 9.85. The average Bonchev–Trinajstić information content (AvgIpc) is 3.59. The Bertz CT molecular complexity index is 1460. The molecule has 5 heterocycles. The second kappa shape index (κ2) is 8.12. The molecule has 1 atom stereocenters. The molecule has 178 valence electrons. The van der Waals surface area contributed by atoms with Gasteiger partial charge in [-0.15, -0.1) is 0 Å². The highest BCUT2D eigenvalue weighted by molar-refractivity contribution is 6.04. The number of nitrogens with one attached hydrogen (secondary N) is 1. The molecule has 1 aromatic carbocycles. The summed E-state index contributed by atoms with van der Waals surface area (Å²) >= 11 is 0. The van der Waals surface area contributed by atoms with Gasteiger partial charge in [0.15, 0.2) is 0 Å². The molecule has 1 unspecified atom stereocenters. The Kier molecular flexibility index (Phi) is 4.90. The largest absolute Gasteiger partial charge is 0.447 e. The quantitative estimate of drug-likeness (QED) is 0.481. The van der Waals surface area contributed by atoms with Crippen LogP contribution in [0, 0.1) is 13.8 Å². The summed E-state index contributed by atoms with van der Waals surface area (Å²) < 4.78 is 12.4. The van der Waals surface area contributed by atoms with Crippen molar-refractivity contribution in [1.29, 1.82) is 0 Å². The number of piperazine rings is 1. The van der Waals surface area contributed by atoms with Gasteiger partial charge in [-0.2, -0.15) is 4.98 Å². The summed E-state index contributed by atoms with van der Waals surface area (Å²) in [6.45, 7) is 5.97. The van der Waals surface area contributed by atoms with E-state index in [1.807, 2.05) is 55.3 Å². The smallest absolute Gasteiger partial charge is 0.410 e.